The van der Waals surface area contributed by atoms with E-state index in [0.717, 1.165) is 0 Å². The number of rotatable bonds is 6. The van der Waals surface area contributed by atoms with E-state index >= 15 is 0 Å². The van der Waals surface area contributed by atoms with Gasteiger partial charge in [0, 0.05) is 33.0 Å². The van der Waals surface area contributed by atoms with Crippen molar-refractivity contribution in [3.63, 3.8) is 0 Å². The molecular weight excluding hydrogens is 276 g/mol. The molecule has 2 N–H and O–H groups in total. The number of likely N-dealkylation sites (tertiary alicyclic amines) is 1. The van der Waals surface area contributed by atoms with Gasteiger partial charge in [0.25, 0.3) is 0 Å². The van der Waals surface area contributed by atoms with Crippen LogP contribution < -0.4 is 5.32 Å². The summed E-state index contributed by atoms with van der Waals surface area (Å²) in [6, 6.07) is 0. The molecule has 0 aromatic carbocycles. The highest BCUT2D eigenvalue weighted by Gasteiger charge is 2.26. The van der Waals surface area contributed by atoms with E-state index in [0.29, 0.717) is 50.6 Å². The molecule has 2 heterocycles. The van der Waals surface area contributed by atoms with E-state index in [-0.39, 0.29) is 18.4 Å². The predicted molar refractivity (Wildman–Crippen MR) is 72.5 cm³/mol. The molecule has 0 saturated carbocycles. The third kappa shape index (κ3) is 4.52. The summed E-state index contributed by atoms with van der Waals surface area (Å²) in [5.41, 5.74) is 0. The van der Waals surface area contributed by atoms with Gasteiger partial charge in [-0.15, -0.1) is 0 Å². The van der Waals surface area contributed by atoms with Crippen LogP contribution >= 0.6 is 0 Å². The number of carbonyl (C=O) groups excluding carboxylic acids is 1. The predicted octanol–water partition coefficient (Wildman–Crippen LogP) is -0.167. The smallest absolute Gasteiger partial charge is 0.306 e. The normalized spacial score (nSPS) is 16.1. The Morgan fingerprint density at radius 3 is 2.71 bits per heavy atom. The molecule has 1 aliphatic rings. The molecule has 1 amide bonds. The first-order valence-electron chi connectivity index (χ1n) is 7.06. The zero-order valence-electron chi connectivity index (χ0n) is 12.0. The Morgan fingerprint density at radius 2 is 2.14 bits per heavy atom. The second-order valence-electron chi connectivity index (χ2n) is 5.15. The lowest BCUT2D eigenvalue weighted by Gasteiger charge is -2.30. The first kappa shape index (κ1) is 15.4. The molecule has 21 heavy (non-hydrogen) atoms. The number of aromatic nitrogens is 2. The Labute approximate surface area is 122 Å². The van der Waals surface area contributed by atoms with Crippen LogP contribution in [0.3, 0.4) is 0 Å². The summed E-state index contributed by atoms with van der Waals surface area (Å²) >= 11 is 0. The van der Waals surface area contributed by atoms with E-state index < -0.39 is 5.97 Å². The van der Waals surface area contributed by atoms with Crippen LogP contribution in [0.15, 0.2) is 4.52 Å². The average molecular weight is 296 g/mol. The highest BCUT2D eigenvalue weighted by Crippen LogP contribution is 2.17. The molecular formula is C13H20N4O4. The maximum Gasteiger partial charge on any atom is 0.306 e. The number of aliphatic carboxylic acids is 1. The number of carboxylic acid groups (broad SMARTS) is 1. The average Bonchev–Trinajstić information content (AvgIpc) is 2.89. The Morgan fingerprint density at radius 1 is 1.43 bits per heavy atom. The summed E-state index contributed by atoms with van der Waals surface area (Å²) in [6.45, 7) is 3.60. The molecule has 0 bridgehead atoms. The van der Waals surface area contributed by atoms with E-state index in [1.807, 2.05) is 0 Å². The summed E-state index contributed by atoms with van der Waals surface area (Å²) in [4.78, 5) is 28.6. The van der Waals surface area contributed by atoms with Crippen LogP contribution in [0.1, 0.15) is 24.6 Å². The van der Waals surface area contributed by atoms with Crippen LogP contribution in [-0.2, 0) is 16.0 Å². The zero-order valence-corrected chi connectivity index (χ0v) is 12.0. The molecule has 8 nitrogen and oxygen atoms in total. The summed E-state index contributed by atoms with van der Waals surface area (Å²) in [5.74, 6) is 0.0688. The molecule has 2 rings (SSSR count). The number of nitrogens with zero attached hydrogens (tertiary/aromatic N) is 3. The van der Waals surface area contributed by atoms with E-state index in [1.54, 1.807) is 11.8 Å². The monoisotopic (exact) mass is 296 g/mol. The number of carbonyl (C=O) groups is 2. The topological polar surface area (TPSA) is 109 Å². The van der Waals surface area contributed by atoms with Gasteiger partial charge in [-0.25, -0.2) is 0 Å². The molecule has 116 valence electrons. The molecule has 1 saturated heterocycles. The number of hydrogen-bond acceptors (Lipinski definition) is 6. The molecule has 1 aromatic heterocycles. The lowest BCUT2D eigenvalue weighted by Crippen LogP contribution is -2.44. The van der Waals surface area contributed by atoms with Crippen LogP contribution in [0.2, 0.25) is 0 Å². The van der Waals surface area contributed by atoms with Crippen molar-refractivity contribution in [1.29, 1.82) is 0 Å². The quantitative estimate of drug-likeness (QED) is 0.702. The van der Waals surface area contributed by atoms with Crippen LogP contribution in [0.4, 0.5) is 0 Å². The highest BCUT2D eigenvalue weighted by atomic mass is 16.5. The Balaban J connectivity index is 1.63. The SMILES string of the molecule is Cc1nc(CCNCC(=O)N2CCC(C(=O)O)CC2)no1. The molecule has 1 fully saturated rings. The van der Waals surface area contributed by atoms with E-state index in [1.165, 1.54) is 0 Å². The molecule has 1 aromatic rings. The van der Waals surface area contributed by atoms with Crippen molar-refractivity contribution in [1.82, 2.24) is 20.4 Å². The second kappa shape index (κ2) is 7.16. The van der Waals surface area contributed by atoms with Crippen molar-refractivity contribution < 1.29 is 19.2 Å². The van der Waals surface area contributed by atoms with Gasteiger partial charge < -0.3 is 19.8 Å². The summed E-state index contributed by atoms with van der Waals surface area (Å²) in [6.07, 6.45) is 1.66. The van der Waals surface area contributed by atoms with Crippen molar-refractivity contribution in [3.8, 4) is 0 Å². The standard InChI is InChI=1S/C13H20N4O4/c1-9-15-11(16-21-9)2-5-14-8-12(18)17-6-3-10(4-7-17)13(19)20/h10,14H,2-8H2,1H3,(H,19,20). The molecule has 0 radical (unpaired) electrons. The van der Waals surface area contributed by atoms with Crippen LogP contribution in [0, 0.1) is 12.8 Å². The fourth-order valence-corrected chi connectivity index (χ4v) is 2.33. The van der Waals surface area contributed by atoms with E-state index in [2.05, 4.69) is 15.5 Å². The number of nitrogens with one attached hydrogen (secondary N) is 1. The summed E-state index contributed by atoms with van der Waals surface area (Å²) in [7, 11) is 0. The van der Waals surface area contributed by atoms with Gasteiger partial charge in [-0.2, -0.15) is 4.98 Å². The molecule has 0 unspecified atom stereocenters. The first-order valence-corrected chi connectivity index (χ1v) is 7.06. The second-order valence-corrected chi connectivity index (χ2v) is 5.15. The van der Waals surface area contributed by atoms with Gasteiger partial charge in [-0.1, -0.05) is 5.16 Å². The maximum atomic E-state index is 12.0. The maximum absolute atomic E-state index is 12.0. The number of piperidine rings is 1. The molecule has 0 aliphatic carbocycles. The van der Waals surface area contributed by atoms with Crippen molar-refractivity contribution >= 4 is 11.9 Å². The van der Waals surface area contributed by atoms with Gasteiger partial charge in [0.15, 0.2) is 5.82 Å². The fourth-order valence-electron chi connectivity index (χ4n) is 2.33. The van der Waals surface area contributed by atoms with Crippen molar-refractivity contribution in [2.24, 2.45) is 5.92 Å². The fraction of sp³-hybridized carbons (Fsp3) is 0.692. The van der Waals surface area contributed by atoms with E-state index in [4.69, 9.17) is 9.63 Å². The van der Waals surface area contributed by atoms with Gasteiger partial charge in [0.2, 0.25) is 11.8 Å². The number of amides is 1. The molecule has 1 aliphatic heterocycles. The number of aryl methyl sites for hydroxylation is 1. The van der Waals surface area contributed by atoms with Crippen LogP contribution in [0.25, 0.3) is 0 Å². The van der Waals surface area contributed by atoms with Gasteiger partial charge in [0.1, 0.15) is 0 Å². The minimum Gasteiger partial charge on any atom is -0.481 e. The van der Waals surface area contributed by atoms with Gasteiger partial charge in [-0.05, 0) is 12.8 Å². The van der Waals surface area contributed by atoms with E-state index in [9.17, 15) is 9.59 Å². The van der Waals surface area contributed by atoms with Crippen molar-refractivity contribution in [2.75, 3.05) is 26.2 Å². The molecule has 0 atom stereocenters. The number of carboxylic acids is 1. The molecule has 0 spiro atoms. The van der Waals surface area contributed by atoms with Gasteiger partial charge in [-0.3, -0.25) is 9.59 Å². The summed E-state index contributed by atoms with van der Waals surface area (Å²) < 4.78 is 4.86. The van der Waals surface area contributed by atoms with Crippen LogP contribution in [0.5, 0.6) is 0 Å². The Kier molecular flexibility index (Phi) is 5.26. The largest absolute Gasteiger partial charge is 0.481 e. The minimum absolute atomic E-state index is 0.00290. The van der Waals surface area contributed by atoms with Gasteiger partial charge in [0.05, 0.1) is 12.5 Å². The van der Waals surface area contributed by atoms with Crippen molar-refractivity contribution in [3.05, 3.63) is 11.7 Å². The Hall–Kier alpha value is -1.96. The minimum atomic E-state index is -0.768. The highest BCUT2D eigenvalue weighted by molar-refractivity contribution is 5.78. The first-order chi connectivity index (χ1) is 10.1. The summed E-state index contributed by atoms with van der Waals surface area (Å²) in [5, 5.41) is 15.7. The van der Waals surface area contributed by atoms with Gasteiger partial charge >= 0.3 is 5.97 Å². The van der Waals surface area contributed by atoms with Crippen molar-refractivity contribution in [2.45, 2.75) is 26.2 Å². The third-order valence-corrected chi connectivity index (χ3v) is 3.57. The Bertz CT molecular complexity index is 494. The number of hydrogen-bond donors (Lipinski definition) is 2. The lowest BCUT2D eigenvalue weighted by atomic mass is 9.97. The third-order valence-electron chi connectivity index (χ3n) is 3.57. The lowest BCUT2D eigenvalue weighted by molar-refractivity contribution is -0.145. The zero-order chi connectivity index (χ0) is 15.2. The van der Waals surface area contributed by atoms with Crippen LogP contribution in [-0.4, -0.2) is 58.2 Å². The molecule has 8 heteroatoms.